The van der Waals surface area contributed by atoms with E-state index in [1.807, 2.05) is 0 Å². The molecule has 1 saturated heterocycles. The molecule has 2 aromatic rings. The van der Waals surface area contributed by atoms with Crippen molar-refractivity contribution in [2.45, 2.75) is 25.0 Å². The van der Waals surface area contributed by atoms with Crippen LogP contribution in [0.4, 0.5) is 32.0 Å². The first kappa shape index (κ1) is 19.7. The molecule has 2 aromatic carbocycles. The molecular weight excluding hydrogens is 392 g/mol. The van der Waals surface area contributed by atoms with Crippen LogP contribution in [0.15, 0.2) is 48.5 Å². The molecule has 0 saturated carbocycles. The number of rotatable bonds is 3. The monoisotopic (exact) mass is 403 g/mol. The fourth-order valence-corrected chi connectivity index (χ4v) is 2.92. The molecule has 1 atom stereocenters. The second-order valence-corrected chi connectivity index (χ2v) is 5.98. The molecule has 1 heterocycles. The van der Waals surface area contributed by atoms with Crippen LogP contribution in [0.3, 0.4) is 0 Å². The summed E-state index contributed by atoms with van der Waals surface area (Å²) in [6.45, 7) is 0. The first-order valence-electron chi connectivity index (χ1n) is 7.85. The summed E-state index contributed by atoms with van der Waals surface area (Å²) in [6.07, 6.45) is -9.82. The number of carbonyl (C=O) groups excluding carboxylic acids is 2. The highest BCUT2D eigenvalue weighted by molar-refractivity contribution is 6.44. The second kappa shape index (κ2) is 6.84. The highest BCUT2D eigenvalue weighted by atomic mass is 19.4. The molecule has 10 heteroatoms. The van der Waals surface area contributed by atoms with Crippen molar-refractivity contribution in [2.24, 2.45) is 0 Å². The number of hydrogen-bond donors (Lipinski definition) is 0. The summed E-state index contributed by atoms with van der Waals surface area (Å²) < 4.78 is 79.2. The fraction of sp³-hybridized carbons (Fsp3) is 0.222. The van der Waals surface area contributed by atoms with E-state index in [0.29, 0.717) is 0 Å². The molecule has 1 amide bonds. The maximum atomic E-state index is 12.7. The third kappa shape index (κ3) is 4.10. The van der Waals surface area contributed by atoms with Gasteiger partial charge in [-0.15, -0.1) is 13.2 Å². The number of ether oxygens (including phenoxy) is 1. The van der Waals surface area contributed by atoms with E-state index in [1.54, 1.807) is 0 Å². The van der Waals surface area contributed by atoms with Crippen molar-refractivity contribution in [1.29, 1.82) is 0 Å². The number of Topliss-reactive ketones (excluding diaryl/α,β-unsaturated/α-hetero) is 1. The molecule has 28 heavy (non-hydrogen) atoms. The molecule has 1 aliphatic rings. The number of carbonyl (C=O) groups is 2. The van der Waals surface area contributed by atoms with Crippen LogP contribution in [0.1, 0.15) is 23.6 Å². The van der Waals surface area contributed by atoms with Gasteiger partial charge in [0.25, 0.3) is 5.91 Å². The van der Waals surface area contributed by atoms with Gasteiger partial charge in [-0.05, 0) is 42.0 Å². The molecule has 148 valence electrons. The van der Waals surface area contributed by atoms with Gasteiger partial charge in [0.1, 0.15) is 5.75 Å². The molecule has 1 aliphatic heterocycles. The number of anilines is 1. The van der Waals surface area contributed by atoms with Gasteiger partial charge in [-0.1, -0.05) is 12.1 Å². The van der Waals surface area contributed by atoms with Crippen LogP contribution < -0.4 is 9.64 Å². The fourth-order valence-electron chi connectivity index (χ4n) is 2.92. The van der Waals surface area contributed by atoms with Gasteiger partial charge < -0.3 is 4.74 Å². The van der Waals surface area contributed by atoms with Crippen LogP contribution in [0.2, 0.25) is 0 Å². The normalized spacial score (nSPS) is 17.9. The van der Waals surface area contributed by atoms with Crippen molar-refractivity contribution in [3.05, 3.63) is 59.7 Å². The predicted octanol–water partition coefficient (Wildman–Crippen LogP) is 4.65. The van der Waals surface area contributed by atoms with E-state index in [1.165, 1.54) is 12.1 Å². The Balaban J connectivity index is 1.95. The van der Waals surface area contributed by atoms with E-state index in [9.17, 15) is 35.9 Å². The standard InChI is InChI=1S/C18H11F6NO3/c19-17(20,21)11-4-6-12(7-5-11)25-14(9-15(26)16(25)27)10-2-1-3-13(8-10)28-18(22,23)24/h1-8,14H,9H2/t14-/m1/s1. The van der Waals surface area contributed by atoms with Crippen LogP contribution in [0, 0.1) is 0 Å². The van der Waals surface area contributed by atoms with E-state index < -0.39 is 41.6 Å². The first-order chi connectivity index (χ1) is 13.0. The first-order valence-corrected chi connectivity index (χ1v) is 7.85. The lowest BCUT2D eigenvalue weighted by Crippen LogP contribution is -2.29. The average Bonchev–Trinajstić information content (AvgIpc) is 2.88. The molecule has 0 N–H and O–H groups in total. The number of nitrogens with zero attached hydrogens (tertiary/aromatic N) is 1. The lowest BCUT2D eigenvalue weighted by atomic mass is 10.0. The minimum Gasteiger partial charge on any atom is -0.406 e. The summed E-state index contributed by atoms with van der Waals surface area (Å²) in [5.74, 6) is -2.29. The molecule has 3 rings (SSSR count). The van der Waals surface area contributed by atoms with Gasteiger partial charge in [-0.25, -0.2) is 0 Å². The maximum absolute atomic E-state index is 12.7. The van der Waals surface area contributed by atoms with Crippen LogP contribution in [0.5, 0.6) is 5.75 Å². The number of amides is 1. The third-order valence-corrected chi connectivity index (χ3v) is 4.10. The lowest BCUT2D eigenvalue weighted by Gasteiger charge is -2.25. The van der Waals surface area contributed by atoms with Crippen molar-refractivity contribution < 1.29 is 40.7 Å². The molecule has 0 aromatic heterocycles. The van der Waals surface area contributed by atoms with E-state index in [4.69, 9.17) is 0 Å². The highest BCUT2D eigenvalue weighted by Gasteiger charge is 2.41. The quantitative estimate of drug-likeness (QED) is 0.554. The Hall–Kier alpha value is -3.04. The van der Waals surface area contributed by atoms with Crippen molar-refractivity contribution in [3.8, 4) is 5.75 Å². The smallest absolute Gasteiger partial charge is 0.406 e. The minimum absolute atomic E-state index is 0.0241. The predicted molar refractivity (Wildman–Crippen MR) is 84.4 cm³/mol. The number of benzene rings is 2. The number of ketones is 1. The Morgan fingerprint density at radius 2 is 1.57 bits per heavy atom. The second-order valence-electron chi connectivity index (χ2n) is 5.98. The van der Waals surface area contributed by atoms with Crippen molar-refractivity contribution in [3.63, 3.8) is 0 Å². The molecule has 0 aliphatic carbocycles. The van der Waals surface area contributed by atoms with Gasteiger partial charge in [-0.2, -0.15) is 13.2 Å². The summed E-state index contributed by atoms with van der Waals surface area (Å²) >= 11 is 0. The third-order valence-electron chi connectivity index (χ3n) is 4.10. The number of hydrogen-bond acceptors (Lipinski definition) is 3. The van der Waals surface area contributed by atoms with E-state index in [0.717, 1.165) is 41.3 Å². The largest absolute Gasteiger partial charge is 0.573 e. The van der Waals surface area contributed by atoms with Gasteiger partial charge in [0, 0.05) is 12.1 Å². The summed E-state index contributed by atoms with van der Waals surface area (Å²) in [6, 6.07) is 7.35. The summed E-state index contributed by atoms with van der Waals surface area (Å²) in [7, 11) is 0. The molecule has 1 fully saturated rings. The molecule has 4 nitrogen and oxygen atoms in total. The molecule has 0 radical (unpaired) electrons. The zero-order valence-electron chi connectivity index (χ0n) is 13.8. The number of alkyl halides is 6. The van der Waals surface area contributed by atoms with Crippen LogP contribution in [-0.4, -0.2) is 18.1 Å². The summed E-state index contributed by atoms with van der Waals surface area (Å²) in [5, 5.41) is 0. The summed E-state index contributed by atoms with van der Waals surface area (Å²) in [4.78, 5) is 25.1. The molecule has 0 bridgehead atoms. The summed E-state index contributed by atoms with van der Waals surface area (Å²) in [5.41, 5.74) is -0.733. The molecular formula is C18H11F6NO3. The van der Waals surface area contributed by atoms with E-state index in [2.05, 4.69) is 4.74 Å². The Labute approximate surface area is 154 Å². The van der Waals surface area contributed by atoms with E-state index >= 15 is 0 Å². The van der Waals surface area contributed by atoms with Crippen LogP contribution >= 0.6 is 0 Å². The van der Waals surface area contributed by atoms with Crippen molar-refractivity contribution in [1.82, 2.24) is 0 Å². The van der Waals surface area contributed by atoms with Gasteiger partial charge in [0.2, 0.25) is 5.78 Å². The van der Waals surface area contributed by atoms with Gasteiger partial charge in [0.15, 0.2) is 0 Å². The maximum Gasteiger partial charge on any atom is 0.573 e. The van der Waals surface area contributed by atoms with Crippen molar-refractivity contribution in [2.75, 3.05) is 4.90 Å². The zero-order chi connectivity index (χ0) is 20.7. The van der Waals surface area contributed by atoms with Crippen molar-refractivity contribution >= 4 is 17.4 Å². The van der Waals surface area contributed by atoms with Gasteiger partial charge in [-0.3, -0.25) is 14.5 Å². The SMILES string of the molecule is O=C1C[C@H](c2cccc(OC(F)(F)F)c2)N(c2ccc(C(F)(F)F)cc2)C1=O. The Bertz CT molecular complexity index is 905. The molecule has 0 unspecified atom stereocenters. The Morgan fingerprint density at radius 1 is 0.929 bits per heavy atom. The van der Waals surface area contributed by atoms with E-state index in [-0.39, 0.29) is 17.7 Å². The minimum atomic E-state index is -4.92. The van der Waals surface area contributed by atoms with Gasteiger partial charge >= 0.3 is 12.5 Å². The Morgan fingerprint density at radius 3 is 2.14 bits per heavy atom. The van der Waals surface area contributed by atoms with Gasteiger partial charge in [0.05, 0.1) is 11.6 Å². The lowest BCUT2D eigenvalue weighted by molar-refractivity contribution is -0.274. The number of halogens is 6. The van der Waals surface area contributed by atoms with Crippen LogP contribution in [0.25, 0.3) is 0 Å². The van der Waals surface area contributed by atoms with Crippen LogP contribution in [-0.2, 0) is 15.8 Å². The zero-order valence-corrected chi connectivity index (χ0v) is 13.8. The Kier molecular flexibility index (Phi) is 4.82. The highest BCUT2D eigenvalue weighted by Crippen LogP contribution is 2.38. The molecule has 0 spiro atoms. The average molecular weight is 403 g/mol. The topological polar surface area (TPSA) is 46.6 Å².